The molecule has 0 atom stereocenters. The summed E-state index contributed by atoms with van der Waals surface area (Å²) >= 11 is 0. The van der Waals surface area contributed by atoms with Crippen LogP contribution in [-0.4, -0.2) is 27.3 Å². The Kier molecular flexibility index (Phi) is 2.47. The molecule has 21 heavy (non-hydrogen) atoms. The molecule has 0 saturated heterocycles. The summed E-state index contributed by atoms with van der Waals surface area (Å²) in [5.74, 6) is 1.06. The van der Waals surface area contributed by atoms with Crippen LogP contribution in [0.4, 0.5) is 17.2 Å². The van der Waals surface area contributed by atoms with Gasteiger partial charge in [-0.15, -0.1) is 0 Å². The van der Waals surface area contributed by atoms with E-state index in [0.29, 0.717) is 12.2 Å². The molecule has 104 valence electrons. The standard InChI is InChI=1S/C16H14N4O/c1-11-16(21)20-14(18-11)7-4-8-15(20)19-10-9-17-12-5-2-3-6-13(12)19/h2-9,21H,10H2,1H3. The lowest BCUT2D eigenvalue weighted by Gasteiger charge is -2.28. The number of aromatic hydroxyl groups is 1. The molecule has 3 aromatic rings. The molecule has 2 aromatic heterocycles. The highest BCUT2D eigenvalue weighted by Crippen LogP contribution is 2.37. The van der Waals surface area contributed by atoms with E-state index < -0.39 is 0 Å². The number of anilines is 2. The average Bonchev–Trinajstić information content (AvgIpc) is 2.82. The fraction of sp³-hybridized carbons (Fsp3) is 0.125. The summed E-state index contributed by atoms with van der Waals surface area (Å²) in [5.41, 5.74) is 3.32. The number of aliphatic imine (C=N–C) groups is 1. The Morgan fingerprint density at radius 2 is 1.95 bits per heavy atom. The van der Waals surface area contributed by atoms with Gasteiger partial charge in [-0.2, -0.15) is 0 Å². The lowest BCUT2D eigenvalue weighted by Crippen LogP contribution is -2.23. The highest BCUT2D eigenvalue weighted by atomic mass is 16.3. The molecule has 5 heteroatoms. The van der Waals surface area contributed by atoms with Gasteiger partial charge in [0.1, 0.15) is 17.2 Å². The number of imidazole rings is 1. The minimum Gasteiger partial charge on any atom is -0.493 e. The third kappa shape index (κ3) is 1.71. The van der Waals surface area contributed by atoms with Crippen LogP contribution >= 0.6 is 0 Å². The van der Waals surface area contributed by atoms with Crippen molar-refractivity contribution < 1.29 is 5.11 Å². The normalized spacial score (nSPS) is 13.7. The monoisotopic (exact) mass is 278 g/mol. The van der Waals surface area contributed by atoms with Crippen LogP contribution in [0.2, 0.25) is 0 Å². The Hall–Kier alpha value is -2.82. The van der Waals surface area contributed by atoms with E-state index in [9.17, 15) is 5.11 Å². The van der Waals surface area contributed by atoms with Gasteiger partial charge >= 0.3 is 0 Å². The van der Waals surface area contributed by atoms with E-state index in [2.05, 4.69) is 14.9 Å². The maximum atomic E-state index is 10.3. The zero-order chi connectivity index (χ0) is 14.4. The van der Waals surface area contributed by atoms with Crippen LogP contribution in [0, 0.1) is 6.92 Å². The Labute approximate surface area is 121 Å². The molecule has 0 spiro atoms. The number of hydrogen-bond acceptors (Lipinski definition) is 4. The van der Waals surface area contributed by atoms with Crippen LogP contribution in [0.25, 0.3) is 5.65 Å². The van der Waals surface area contributed by atoms with E-state index in [4.69, 9.17) is 0 Å². The topological polar surface area (TPSA) is 53.1 Å². The van der Waals surface area contributed by atoms with Gasteiger partial charge in [0, 0.05) is 6.21 Å². The van der Waals surface area contributed by atoms with Gasteiger partial charge in [0.2, 0.25) is 5.88 Å². The molecule has 0 unspecified atom stereocenters. The van der Waals surface area contributed by atoms with Crippen LogP contribution in [0.15, 0.2) is 47.5 Å². The van der Waals surface area contributed by atoms with Crippen molar-refractivity contribution in [3.8, 4) is 5.88 Å². The first-order chi connectivity index (χ1) is 10.3. The molecule has 0 amide bonds. The molecule has 0 saturated carbocycles. The van der Waals surface area contributed by atoms with E-state index >= 15 is 0 Å². The summed E-state index contributed by atoms with van der Waals surface area (Å²) in [6.45, 7) is 2.46. The predicted octanol–water partition coefficient (Wildman–Crippen LogP) is 3.20. The molecule has 0 radical (unpaired) electrons. The third-order valence-electron chi connectivity index (χ3n) is 3.71. The smallest absolute Gasteiger partial charge is 0.220 e. The number of fused-ring (bicyclic) bond motifs is 2. The summed E-state index contributed by atoms with van der Waals surface area (Å²) in [7, 11) is 0. The highest BCUT2D eigenvalue weighted by molar-refractivity contribution is 5.86. The fourth-order valence-corrected chi connectivity index (χ4v) is 2.72. The molecule has 1 N–H and O–H groups in total. The van der Waals surface area contributed by atoms with E-state index in [-0.39, 0.29) is 5.88 Å². The summed E-state index contributed by atoms with van der Waals surface area (Å²) in [5, 5.41) is 10.3. The van der Waals surface area contributed by atoms with Crippen molar-refractivity contribution in [1.29, 1.82) is 0 Å². The Balaban J connectivity index is 1.98. The summed E-state index contributed by atoms with van der Waals surface area (Å²) < 4.78 is 1.77. The van der Waals surface area contributed by atoms with Crippen LogP contribution in [0.5, 0.6) is 5.88 Å². The van der Waals surface area contributed by atoms with Crippen molar-refractivity contribution in [2.24, 2.45) is 4.99 Å². The van der Waals surface area contributed by atoms with E-state index in [1.165, 1.54) is 0 Å². The fourth-order valence-electron chi connectivity index (χ4n) is 2.72. The first kappa shape index (κ1) is 12.0. The molecule has 1 aromatic carbocycles. The van der Waals surface area contributed by atoms with Gasteiger partial charge in [0.15, 0.2) is 0 Å². The lowest BCUT2D eigenvalue weighted by atomic mass is 10.2. The number of aryl methyl sites for hydroxylation is 1. The van der Waals surface area contributed by atoms with Crippen molar-refractivity contribution in [1.82, 2.24) is 9.38 Å². The minimum absolute atomic E-state index is 0.181. The summed E-state index contributed by atoms with van der Waals surface area (Å²) in [6.07, 6.45) is 1.88. The minimum atomic E-state index is 0.181. The maximum absolute atomic E-state index is 10.3. The second-order valence-corrected chi connectivity index (χ2v) is 5.01. The number of pyridine rings is 1. The number of benzene rings is 1. The highest BCUT2D eigenvalue weighted by Gasteiger charge is 2.20. The number of nitrogens with zero attached hydrogens (tertiary/aromatic N) is 4. The molecule has 1 aliphatic heterocycles. The Morgan fingerprint density at radius 1 is 1.10 bits per heavy atom. The molecule has 0 bridgehead atoms. The molecule has 4 rings (SSSR count). The molecule has 5 nitrogen and oxygen atoms in total. The molecular weight excluding hydrogens is 264 g/mol. The average molecular weight is 278 g/mol. The second kappa shape index (κ2) is 4.34. The van der Waals surface area contributed by atoms with Crippen molar-refractivity contribution in [2.75, 3.05) is 11.4 Å². The Morgan fingerprint density at radius 3 is 2.86 bits per heavy atom. The van der Waals surface area contributed by atoms with Gasteiger partial charge in [-0.3, -0.25) is 4.99 Å². The number of aromatic nitrogens is 2. The molecule has 1 aliphatic rings. The van der Waals surface area contributed by atoms with Gasteiger partial charge in [-0.25, -0.2) is 9.38 Å². The SMILES string of the molecule is Cc1nc2cccc(N3CC=Nc4ccccc43)n2c1O. The second-order valence-electron chi connectivity index (χ2n) is 5.01. The van der Waals surface area contributed by atoms with Crippen molar-refractivity contribution in [3.05, 3.63) is 48.2 Å². The number of rotatable bonds is 1. The van der Waals surface area contributed by atoms with Crippen molar-refractivity contribution in [3.63, 3.8) is 0 Å². The van der Waals surface area contributed by atoms with E-state index in [0.717, 1.165) is 22.8 Å². The quantitative estimate of drug-likeness (QED) is 0.743. The summed E-state index contributed by atoms with van der Waals surface area (Å²) in [6, 6.07) is 13.8. The van der Waals surface area contributed by atoms with Crippen LogP contribution in [0.1, 0.15) is 5.69 Å². The molecule has 0 aliphatic carbocycles. The van der Waals surface area contributed by atoms with Gasteiger partial charge < -0.3 is 10.0 Å². The van der Waals surface area contributed by atoms with Crippen molar-refractivity contribution >= 4 is 29.1 Å². The van der Waals surface area contributed by atoms with Crippen LogP contribution < -0.4 is 4.90 Å². The zero-order valence-electron chi connectivity index (χ0n) is 11.6. The molecule has 3 heterocycles. The largest absolute Gasteiger partial charge is 0.493 e. The van der Waals surface area contributed by atoms with Crippen LogP contribution in [0.3, 0.4) is 0 Å². The first-order valence-electron chi connectivity index (χ1n) is 6.82. The number of hydrogen-bond donors (Lipinski definition) is 1. The van der Waals surface area contributed by atoms with Crippen LogP contribution in [-0.2, 0) is 0 Å². The van der Waals surface area contributed by atoms with Crippen molar-refractivity contribution in [2.45, 2.75) is 6.92 Å². The number of para-hydroxylation sites is 2. The molecular formula is C16H14N4O. The zero-order valence-corrected chi connectivity index (χ0v) is 11.6. The van der Waals surface area contributed by atoms with Gasteiger partial charge in [-0.1, -0.05) is 18.2 Å². The maximum Gasteiger partial charge on any atom is 0.220 e. The Bertz CT molecular complexity index is 866. The summed E-state index contributed by atoms with van der Waals surface area (Å²) in [4.78, 5) is 10.9. The van der Waals surface area contributed by atoms with Gasteiger partial charge in [-0.05, 0) is 31.2 Å². The van der Waals surface area contributed by atoms with Gasteiger partial charge in [0.05, 0.1) is 17.9 Å². The third-order valence-corrected chi connectivity index (χ3v) is 3.71. The van der Waals surface area contributed by atoms with Gasteiger partial charge in [0.25, 0.3) is 0 Å². The lowest BCUT2D eigenvalue weighted by molar-refractivity contribution is 0.444. The first-order valence-corrected chi connectivity index (χ1v) is 6.82. The van der Waals surface area contributed by atoms with E-state index in [1.807, 2.05) is 48.7 Å². The van der Waals surface area contributed by atoms with E-state index in [1.54, 1.807) is 11.3 Å². The predicted molar refractivity (Wildman–Crippen MR) is 83.2 cm³/mol. The molecule has 0 fully saturated rings.